The van der Waals surface area contributed by atoms with Gasteiger partial charge in [-0.1, -0.05) is 12.1 Å². The maximum absolute atomic E-state index is 8.56. The Bertz CT molecular complexity index is 390. The van der Waals surface area contributed by atoms with E-state index in [1.807, 2.05) is 24.3 Å². The maximum atomic E-state index is 8.56. The second kappa shape index (κ2) is 5.70. The molecule has 0 bridgehead atoms. The minimum absolute atomic E-state index is 0.463. The van der Waals surface area contributed by atoms with Crippen molar-refractivity contribution in [1.82, 2.24) is 4.90 Å². The molecule has 0 radical (unpaired) electrons. The van der Waals surface area contributed by atoms with Crippen molar-refractivity contribution in [1.29, 1.82) is 5.26 Å². The van der Waals surface area contributed by atoms with E-state index in [0.29, 0.717) is 6.42 Å². The molecule has 1 aromatic rings. The fourth-order valence-corrected chi connectivity index (χ4v) is 1.80. The van der Waals surface area contributed by atoms with Gasteiger partial charge >= 0.3 is 0 Å². The van der Waals surface area contributed by atoms with Crippen molar-refractivity contribution in [2.45, 2.75) is 25.3 Å². The second-order valence-corrected chi connectivity index (χ2v) is 4.54. The molecule has 0 amide bonds. The summed E-state index contributed by atoms with van der Waals surface area (Å²) >= 11 is 0. The predicted molar refractivity (Wildman–Crippen MR) is 66.9 cm³/mol. The second-order valence-electron chi connectivity index (χ2n) is 4.54. The van der Waals surface area contributed by atoms with Gasteiger partial charge in [0.1, 0.15) is 12.4 Å². The molecular weight excluding hydrogens is 212 g/mol. The van der Waals surface area contributed by atoms with E-state index in [0.717, 1.165) is 30.5 Å². The van der Waals surface area contributed by atoms with Gasteiger partial charge in [0.25, 0.3) is 0 Å². The van der Waals surface area contributed by atoms with Crippen LogP contribution in [-0.4, -0.2) is 31.1 Å². The summed E-state index contributed by atoms with van der Waals surface area (Å²) in [5, 5.41) is 8.56. The number of benzene rings is 1. The first-order valence-corrected chi connectivity index (χ1v) is 6.08. The summed E-state index contributed by atoms with van der Waals surface area (Å²) in [6, 6.07) is 10.7. The van der Waals surface area contributed by atoms with Crippen molar-refractivity contribution in [2.24, 2.45) is 0 Å². The van der Waals surface area contributed by atoms with Crippen molar-refractivity contribution in [3.05, 3.63) is 29.8 Å². The molecule has 1 aliphatic carbocycles. The Kier molecular flexibility index (Phi) is 4.00. The number of nitrogens with zero attached hydrogens (tertiary/aromatic N) is 2. The van der Waals surface area contributed by atoms with Crippen LogP contribution in [0.1, 0.15) is 18.4 Å². The Morgan fingerprint density at radius 1 is 1.35 bits per heavy atom. The number of nitriles is 1. The Morgan fingerprint density at radius 3 is 2.65 bits per heavy atom. The zero-order chi connectivity index (χ0) is 12.1. The third kappa shape index (κ3) is 3.76. The van der Waals surface area contributed by atoms with Crippen LogP contribution in [-0.2, 0) is 6.42 Å². The molecule has 0 heterocycles. The molecule has 2 rings (SSSR count). The van der Waals surface area contributed by atoms with Gasteiger partial charge in [0.05, 0.1) is 12.5 Å². The lowest BCUT2D eigenvalue weighted by Gasteiger charge is -2.15. The van der Waals surface area contributed by atoms with Crippen LogP contribution in [0.25, 0.3) is 0 Å². The molecule has 0 aliphatic heterocycles. The number of ether oxygens (including phenoxy) is 1. The summed E-state index contributed by atoms with van der Waals surface area (Å²) in [6.07, 6.45) is 3.13. The zero-order valence-electron chi connectivity index (χ0n) is 10.2. The lowest BCUT2D eigenvalue weighted by molar-refractivity contribution is 0.232. The van der Waals surface area contributed by atoms with E-state index in [1.54, 1.807) is 0 Å². The van der Waals surface area contributed by atoms with Crippen LogP contribution in [0.15, 0.2) is 24.3 Å². The van der Waals surface area contributed by atoms with Crippen molar-refractivity contribution < 1.29 is 4.74 Å². The first kappa shape index (κ1) is 11.9. The summed E-state index contributed by atoms with van der Waals surface area (Å²) in [6.45, 7) is 1.70. The average Bonchev–Trinajstić information content (AvgIpc) is 3.15. The Labute approximate surface area is 103 Å². The highest BCUT2D eigenvalue weighted by Crippen LogP contribution is 2.24. The van der Waals surface area contributed by atoms with Crippen LogP contribution in [0, 0.1) is 11.3 Å². The van der Waals surface area contributed by atoms with Gasteiger partial charge in [-0.3, -0.25) is 0 Å². The van der Waals surface area contributed by atoms with E-state index in [-0.39, 0.29) is 0 Å². The first-order valence-electron chi connectivity index (χ1n) is 6.08. The molecule has 1 fully saturated rings. The third-order valence-electron chi connectivity index (χ3n) is 3.09. The van der Waals surface area contributed by atoms with E-state index in [4.69, 9.17) is 10.00 Å². The Hall–Kier alpha value is -1.53. The van der Waals surface area contributed by atoms with E-state index in [1.165, 1.54) is 12.8 Å². The van der Waals surface area contributed by atoms with Crippen LogP contribution in [0.5, 0.6) is 5.75 Å². The van der Waals surface area contributed by atoms with E-state index in [2.05, 4.69) is 18.0 Å². The van der Waals surface area contributed by atoms with Gasteiger partial charge in [-0.2, -0.15) is 5.26 Å². The summed E-state index contributed by atoms with van der Waals surface area (Å²) < 4.78 is 5.66. The van der Waals surface area contributed by atoms with Gasteiger partial charge in [0, 0.05) is 12.6 Å². The van der Waals surface area contributed by atoms with Crippen molar-refractivity contribution >= 4 is 0 Å². The van der Waals surface area contributed by atoms with E-state index < -0.39 is 0 Å². The number of rotatable bonds is 6. The highest BCUT2D eigenvalue weighted by Gasteiger charge is 2.25. The SMILES string of the molecule is CN(CCOc1ccc(CC#N)cc1)C1CC1. The molecular formula is C14H18N2O. The molecule has 1 aliphatic rings. The van der Waals surface area contributed by atoms with Crippen LogP contribution >= 0.6 is 0 Å². The monoisotopic (exact) mass is 230 g/mol. The summed E-state index contributed by atoms with van der Waals surface area (Å²) in [4.78, 5) is 2.35. The lowest BCUT2D eigenvalue weighted by atomic mass is 10.2. The topological polar surface area (TPSA) is 36.3 Å². The van der Waals surface area contributed by atoms with E-state index in [9.17, 15) is 0 Å². The van der Waals surface area contributed by atoms with Gasteiger partial charge in [0.15, 0.2) is 0 Å². The quantitative estimate of drug-likeness (QED) is 0.752. The lowest BCUT2D eigenvalue weighted by Crippen LogP contribution is -2.26. The number of hydrogen-bond donors (Lipinski definition) is 0. The number of hydrogen-bond acceptors (Lipinski definition) is 3. The molecule has 1 aromatic carbocycles. The molecule has 90 valence electrons. The van der Waals surface area contributed by atoms with Gasteiger partial charge < -0.3 is 9.64 Å². The van der Waals surface area contributed by atoms with Gasteiger partial charge in [-0.15, -0.1) is 0 Å². The molecule has 0 spiro atoms. The fraction of sp³-hybridized carbons (Fsp3) is 0.500. The maximum Gasteiger partial charge on any atom is 0.119 e. The minimum Gasteiger partial charge on any atom is -0.492 e. The fourth-order valence-electron chi connectivity index (χ4n) is 1.80. The van der Waals surface area contributed by atoms with Crippen LogP contribution in [0.3, 0.4) is 0 Å². The molecule has 0 unspecified atom stereocenters. The minimum atomic E-state index is 0.463. The molecule has 3 nitrogen and oxygen atoms in total. The summed E-state index contributed by atoms with van der Waals surface area (Å²) in [7, 11) is 2.15. The molecule has 17 heavy (non-hydrogen) atoms. The molecule has 0 saturated heterocycles. The first-order chi connectivity index (χ1) is 8.29. The standard InChI is InChI=1S/C14H18N2O/c1-16(13-4-5-13)10-11-17-14-6-2-12(3-7-14)8-9-15/h2-3,6-7,13H,4-5,8,10-11H2,1H3. The highest BCUT2D eigenvalue weighted by atomic mass is 16.5. The zero-order valence-corrected chi connectivity index (χ0v) is 10.2. The van der Waals surface area contributed by atoms with Gasteiger partial charge in [-0.05, 0) is 37.6 Å². The van der Waals surface area contributed by atoms with E-state index >= 15 is 0 Å². The van der Waals surface area contributed by atoms with Crippen LogP contribution < -0.4 is 4.74 Å². The molecule has 3 heteroatoms. The number of likely N-dealkylation sites (N-methyl/N-ethyl adjacent to an activating group) is 1. The van der Waals surface area contributed by atoms with Crippen molar-refractivity contribution in [3.8, 4) is 11.8 Å². The third-order valence-corrected chi connectivity index (χ3v) is 3.09. The summed E-state index contributed by atoms with van der Waals surface area (Å²) in [5.74, 6) is 0.885. The van der Waals surface area contributed by atoms with Crippen LogP contribution in [0.2, 0.25) is 0 Å². The Morgan fingerprint density at radius 2 is 2.06 bits per heavy atom. The molecule has 1 saturated carbocycles. The molecule has 0 atom stereocenters. The van der Waals surface area contributed by atoms with Crippen LogP contribution in [0.4, 0.5) is 0 Å². The molecule has 0 N–H and O–H groups in total. The molecule has 0 aromatic heterocycles. The predicted octanol–water partition coefficient (Wildman–Crippen LogP) is 2.23. The highest BCUT2D eigenvalue weighted by molar-refractivity contribution is 5.28. The smallest absolute Gasteiger partial charge is 0.119 e. The van der Waals surface area contributed by atoms with Gasteiger partial charge in [-0.25, -0.2) is 0 Å². The van der Waals surface area contributed by atoms with Crippen molar-refractivity contribution in [3.63, 3.8) is 0 Å². The normalized spacial score (nSPS) is 14.6. The van der Waals surface area contributed by atoms with Gasteiger partial charge in [0.2, 0.25) is 0 Å². The largest absolute Gasteiger partial charge is 0.492 e. The summed E-state index contributed by atoms with van der Waals surface area (Å²) in [5.41, 5.74) is 1.04. The average molecular weight is 230 g/mol. The van der Waals surface area contributed by atoms with Crippen molar-refractivity contribution in [2.75, 3.05) is 20.2 Å². The Balaban J connectivity index is 1.73.